The second kappa shape index (κ2) is 3.06. The van der Waals surface area contributed by atoms with Gasteiger partial charge in [0.1, 0.15) is 6.29 Å². The fourth-order valence-electron chi connectivity index (χ4n) is 2.18. The largest absolute Gasteiger partial charge is 0.303 e. The molecule has 12 heavy (non-hydrogen) atoms. The van der Waals surface area contributed by atoms with Crippen LogP contribution in [0.2, 0.25) is 0 Å². The topological polar surface area (TPSA) is 17.1 Å². The van der Waals surface area contributed by atoms with Gasteiger partial charge in [0.15, 0.2) is 0 Å². The SMILES string of the molecule is CC1CCC(C=O)(CS)C1(C)C. The van der Waals surface area contributed by atoms with Gasteiger partial charge in [-0.1, -0.05) is 20.8 Å². The van der Waals surface area contributed by atoms with Gasteiger partial charge in [-0.05, 0) is 24.2 Å². The number of aldehydes is 1. The van der Waals surface area contributed by atoms with E-state index >= 15 is 0 Å². The third kappa shape index (κ3) is 1.12. The molecule has 1 rings (SSSR count). The zero-order valence-corrected chi connectivity index (χ0v) is 9.03. The summed E-state index contributed by atoms with van der Waals surface area (Å²) in [6, 6.07) is 0. The number of rotatable bonds is 2. The van der Waals surface area contributed by atoms with Crippen LogP contribution in [0.4, 0.5) is 0 Å². The number of hydrogen-bond acceptors (Lipinski definition) is 2. The third-order valence-corrected chi connectivity index (χ3v) is 4.61. The minimum Gasteiger partial charge on any atom is -0.303 e. The van der Waals surface area contributed by atoms with Crippen LogP contribution in [0.1, 0.15) is 33.6 Å². The smallest absolute Gasteiger partial charge is 0.127 e. The highest BCUT2D eigenvalue weighted by molar-refractivity contribution is 7.80. The van der Waals surface area contributed by atoms with Crippen molar-refractivity contribution in [3.8, 4) is 0 Å². The van der Waals surface area contributed by atoms with Crippen molar-refractivity contribution < 1.29 is 4.79 Å². The summed E-state index contributed by atoms with van der Waals surface area (Å²) in [5.41, 5.74) is -0.0496. The summed E-state index contributed by atoms with van der Waals surface area (Å²) in [4.78, 5) is 11.1. The van der Waals surface area contributed by atoms with E-state index in [0.717, 1.165) is 19.1 Å². The lowest BCUT2D eigenvalue weighted by atomic mass is 9.67. The second-order valence-electron chi connectivity index (χ2n) is 4.59. The van der Waals surface area contributed by atoms with Crippen molar-refractivity contribution in [3.05, 3.63) is 0 Å². The maximum absolute atomic E-state index is 11.1. The van der Waals surface area contributed by atoms with E-state index in [1.54, 1.807) is 0 Å². The summed E-state index contributed by atoms with van der Waals surface area (Å²) in [6.45, 7) is 6.61. The summed E-state index contributed by atoms with van der Waals surface area (Å²) in [7, 11) is 0. The normalized spacial score (nSPS) is 39.8. The van der Waals surface area contributed by atoms with Gasteiger partial charge in [-0.3, -0.25) is 0 Å². The predicted octanol–water partition coefficient (Wildman–Crippen LogP) is 2.56. The zero-order valence-electron chi connectivity index (χ0n) is 8.13. The van der Waals surface area contributed by atoms with E-state index in [9.17, 15) is 4.79 Å². The molecule has 0 amide bonds. The Labute approximate surface area is 80.3 Å². The van der Waals surface area contributed by atoms with Crippen LogP contribution in [0.15, 0.2) is 0 Å². The first-order valence-electron chi connectivity index (χ1n) is 4.57. The molecule has 1 nitrogen and oxygen atoms in total. The van der Waals surface area contributed by atoms with Gasteiger partial charge >= 0.3 is 0 Å². The van der Waals surface area contributed by atoms with E-state index in [4.69, 9.17) is 0 Å². The summed E-state index contributed by atoms with van der Waals surface area (Å²) >= 11 is 4.30. The molecule has 0 aliphatic heterocycles. The molecule has 0 N–H and O–H groups in total. The summed E-state index contributed by atoms with van der Waals surface area (Å²) < 4.78 is 0. The lowest BCUT2D eigenvalue weighted by molar-refractivity contribution is -0.119. The Kier molecular flexibility index (Phi) is 2.57. The van der Waals surface area contributed by atoms with Crippen molar-refractivity contribution in [1.29, 1.82) is 0 Å². The van der Waals surface area contributed by atoms with Crippen LogP contribution in [0, 0.1) is 16.7 Å². The van der Waals surface area contributed by atoms with E-state index in [-0.39, 0.29) is 10.8 Å². The molecule has 1 saturated carbocycles. The van der Waals surface area contributed by atoms with Gasteiger partial charge in [0.05, 0.1) is 0 Å². The van der Waals surface area contributed by atoms with Gasteiger partial charge < -0.3 is 4.79 Å². The molecular formula is C10H18OS. The van der Waals surface area contributed by atoms with E-state index in [2.05, 4.69) is 33.4 Å². The highest BCUT2D eigenvalue weighted by atomic mass is 32.1. The van der Waals surface area contributed by atoms with Gasteiger partial charge in [-0.25, -0.2) is 0 Å². The van der Waals surface area contributed by atoms with Crippen molar-refractivity contribution in [2.45, 2.75) is 33.6 Å². The highest BCUT2D eigenvalue weighted by Gasteiger charge is 2.51. The summed E-state index contributed by atoms with van der Waals surface area (Å²) in [6.07, 6.45) is 3.30. The number of carbonyl (C=O) groups excluding carboxylic acids is 1. The van der Waals surface area contributed by atoms with Crippen LogP contribution in [0.25, 0.3) is 0 Å². The molecule has 1 aliphatic carbocycles. The zero-order chi connectivity index (χ0) is 9.41. The van der Waals surface area contributed by atoms with E-state index in [1.807, 2.05) is 0 Å². The van der Waals surface area contributed by atoms with Gasteiger partial charge in [-0.15, -0.1) is 0 Å². The lowest BCUT2D eigenvalue weighted by Gasteiger charge is -2.38. The first kappa shape index (κ1) is 10.1. The highest BCUT2D eigenvalue weighted by Crippen LogP contribution is 2.55. The number of thiol groups is 1. The first-order valence-corrected chi connectivity index (χ1v) is 5.20. The lowest BCUT2D eigenvalue weighted by Crippen LogP contribution is -2.38. The quantitative estimate of drug-likeness (QED) is 0.518. The average molecular weight is 186 g/mol. The fraction of sp³-hybridized carbons (Fsp3) is 0.900. The molecule has 1 fully saturated rings. The molecule has 0 bridgehead atoms. The van der Waals surface area contributed by atoms with Crippen LogP contribution >= 0.6 is 12.6 Å². The minimum atomic E-state index is -0.171. The summed E-state index contributed by atoms with van der Waals surface area (Å²) in [5.74, 6) is 1.32. The fourth-order valence-corrected chi connectivity index (χ4v) is 2.82. The van der Waals surface area contributed by atoms with Crippen molar-refractivity contribution >= 4 is 18.9 Å². The van der Waals surface area contributed by atoms with E-state index < -0.39 is 0 Å². The average Bonchev–Trinajstić information content (AvgIpc) is 2.26. The maximum atomic E-state index is 11.1. The third-order valence-electron chi connectivity index (χ3n) is 4.05. The molecule has 2 unspecified atom stereocenters. The Morgan fingerprint density at radius 3 is 2.33 bits per heavy atom. The number of hydrogen-bond donors (Lipinski definition) is 1. The van der Waals surface area contributed by atoms with Gasteiger partial charge in [0.2, 0.25) is 0 Å². The molecule has 70 valence electrons. The van der Waals surface area contributed by atoms with E-state index in [0.29, 0.717) is 11.7 Å². The van der Waals surface area contributed by atoms with Crippen molar-refractivity contribution in [2.24, 2.45) is 16.7 Å². The van der Waals surface area contributed by atoms with Crippen molar-refractivity contribution in [1.82, 2.24) is 0 Å². The molecule has 1 aliphatic rings. The van der Waals surface area contributed by atoms with E-state index in [1.165, 1.54) is 0 Å². The monoisotopic (exact) mass is 186 g/mol. The Morgan fingerprint density at radius 1 is 1.58 bits per heavy atom. The van der Waals surface area contributed by atoms with Gasteiger partial charge in [0.25, 0.3) is 0 Å². The van der Waals surface area contributed by atoms with Crippen molar-refractivity contribution in [3.63, 3.8) is 0 Å². The second-order valence-corrected chi connectivity index (χ2v) is 4.91. The minimum absolute atomic E-state index is 0.122. The Bertz CT molecular complexity index is 188. The molecule has 0 spiro atoms. The predicted molar refractivity (Wildman–Crippen MR) is 54.5 cm³/mol. The molecule has 0 heterocycles. The van der Waals surface area contributed by atoms with Crippen LogP contribution in [0.5, 0.6) is 0 Å². The van der Waals surface area contributed by atoms with Gasteiger partial charge in [-0.2, -0.15) is 12.6 Å². The molecule has 0 radical (unpaired) electrons. The maximum Gasteiger partial charge on any atom is 0.127 e. The summed E-state index contributed by atoms with van der Waals surface area (Å²) in [5, 5.41) is 0. The van der Waals surface area contributed by atoms with Gasteiger partial charge in [0, 0.05) is 11.2 Å². The van der Waals surface area contributed by atoms with Crippen LogP contribution in [0.3, 0.4) is 0 Å². The molecule has 2 atom stereocenters. The Balaban J connectivity index is 2.98. The van der Waals surface area contributed by atoms with Crippen molar-refractivity contribution in [2.75, 3.05) is 5.75 Å². The molecular weight excluding hydrogens is 168 g/mol. The standard InChI is InChI=1S/C10H18OS/c1-8-4-5-10(6-11,7-12)9(8,2)3/h6,8,12H,4-5,7H2,1-3H3. The Hall–Kier alpha value is 0.0200. The molecule has 2 heteroatoms. The molecule has 0 aromatic carbocycles. The Morgan fingerprint density at radius 2 is 2.17 bits per heavy atom. The first-order chi connectivity index (χ1) is 5.50. The molecule has 0 aromatic rings. The molecule has 0 saturated heterocycles. The molecule has 0 aromatic heterocycles. The van der Waals surface area contributed by atoms with Crippen LogP contribution in [-0.4, -0.2) is 12.0 Å². The van der Waals surface area contributed by atoms with Crippen LogP contribution in [-0.2, 0) is 4.79 Å². The number of carbonyl (C=O) groups is 1. The van der Waals surface area contributed by atoms with Crippen LogP contribution < -0.4 is 0 Å².